The Morgan fingerprint density at radius 2 is 1.72 bits per heavy atom. The van der Waals surface area contributed by atoms with Crippen molar-refractivity contribution < 1.29 is 29.0 Å². The molecule has 4 saturated carbocycles. The van der Waals surface area contributed by atoms with E-state index in [0.29, 0.717) is 25.7 Å². The van der Waals surface area contributed by atoms with Gasteiger partial charge < -0.3 is 20.3 Å². The SMILES string of the molecule is C=C[C@]1(C)C[C@@H](OC(=O)NC(=O)OC2CCC(N)CC2)[C@]2(C)C(C)CC[C@]3(CCC(=O)[C@H]32)[C@@H](C)C1O. The number of nitrogens with one attached hydrogen (secondary N) is 1. The van der Waals surface area contributed by atoms with E-state index in [1.165, 1.54) is 0 Å². The molecule has 0 aromatic heterocycles. The standard InChI is InChI=1S/C28H44N2O6/c1-6-26(4)15-21(36-25(34)30-24(33)35-19-9-7-18(29)8-10-19)27(5)16(2)11-13-28(17(3)23(26)32)14-12-20(31)22(27)28/h6,16-19,21-23,32H,1,7-15,29H2,2-5H3,(H,30,33,34)/t16?,17-,18?,19?,21+,22-,23?,26+,27-,28-/m0/s1. The highest BCUT2D eigenvalue weighted by atomic mass is 16.6. The Morgan fingerprint density at radius 3 is 2.36 bits per heavy atom. The lowest BCUT2D eigenvalue weighted by molar-refractivity contribution is -0.191. The highest BCUT2D eigenvalue weighted by molar-refractivity contribution is 5.88. The number of Topliss-reactive ketones (excluding diaryl/α,β-unsaturated/α-hetero) is 1. The second kappa shape index (κ2) is 9.75. The molecule has 8 nitrogen and oxygen atoms in total. The van der Waals surface area contributed by atoms with Gasteiger partial charge in [0.2, 0.25) is 0 Å². The molecular formula is C28H44N2O6. The summed E-state index contributed by atoms with van der Waals surface area (Å²) in [6.45, 7) is 12.2. The second-order valence-corrected chi connectivity index (χ2v) is 12.5. The maximum Gasteiger partial charge on any atom is 0.416 e. The third-order valence-corrected chi connectivity index (χ3v) is 10.7. The number of nitrogens with two attached hydrogens (primary N) is 1. The molecule has 2 unspecified atom stereocenters. The van der Waals surface area contributed by atoms with Gasteiger partial charge in [-0.3, -0.25) is 4.79 Å². The first-order valence-corrected chi connectivity index (χ1v) is 13.7. The molecule has 36 heavy (non-hydrogen) atoms. The quantitative estimate of drug-likeness (QED) is 0.483. The van der Waals surface area contributed by atoms with Crippen LogP contribution in [0.1, 0.15) is 85.5 Å². The summed E-state index contributed by atoms with van der Waals surface area (Å²) < 4.78 is 11.4. The normalized spacial score (nSPS) is 46.6. The van der Waals surface area contributed by atoms with Crippen LogP contribution >= 0.6 is 0 Å². The fraction of sp³-hybridized carbons (Fsp3) is 0.821. The van der Waals surface area contributed by atoms with Gasteiger partial charge in [-0.15, -0.1) is 6.58 Å². The zero-order chi connectivity index (χ0) is 26.5. The van der Waals surface area contributed by atoms with E-state index in [1.807, 2.05) is 6.92 Å². The average Bonchev–Trinajstić information content (AvgIpc) is 3.19. The summed E-state index contributed by atoms with van der Waals surface area (Å²) in [5.41, 5.74) is 4.21. The Labute approximate surface area is 214 Å². The number of hydrogen-bond acceptors (Lipinski definition) is 7. The van der Waals surface area contributed by atoms with E-state index in [1.54, 1.807) is 6.08 Å². The lowest BCUT2D eigenvalue weighted by Crippen LogP contribution is -2.63. The molecule has 202 valence electrons. The van der Waals surface area contributed by atoms with Gasteiger partial charge >= 0.3 is 12.2 Å². The monoisotopic (exact) mass is 504 g/mol. The molecule has 0 radical (unpaired) electrons. The maximum atomic E-state index is 13.4. The lowest BCUT2D eigenvalue weighted by Gasteiger charge is -2.61. The van der Waals surface area contributed by atoms with Gasteiger partial charge in [0.15, 0.2) is 0 Å². The van der Waals surface area contributed by atoms with Gasteiger partial charge in [-0.2, -0.15) is 0 Å². The molecule has 0 spiro atoms. The predicted octanol–water partition coefficient (Wildman–Crippen LogP) is 4.48. The van der Waals surface area contributed by atoms with E-state index in [9.17, 15) is 19.5 Å². The zero-order valence-electron chi connectivity index (χ0n) is 22.3. The van der Waals surface area contributed by atoms with Crippen molar-refractivity contribution in [2.45, 2.75) is 110 Å². The minimum atomic E-state index is -0.887. The van der Waals surface area contributed by atoms with E-state index in [4.69, 9.17) is 15.2 Å². The third-order valence-electron chi connectivity index (χ3n) is 10.7. The predicted molar refractivity (Wildman–Crippen MR) is 135 cm³/mol. The van der Waals surface area contributed by atoms with Crippen LogP contribution in [0.5, 0.6) is 0 Å². The summed E-state index contributed by atoms with van der Waals surface area (Å²) >= 11 is 0. The van der Waals surface area contributed by atoms with Gasteiger partial charge in [-0.25, -0.2) is 14.9 Å². The number of amides is 2. The molecule has 8 atom stereocenters. The third kappa shape index (κ3) is 4.38. The van der Waals surface area contributed by atoms with E-state index >= 15 is 0 Å². The van der Waals surface area contributed by atoms with Crippen LogP contribution in [0.15, 0.2) is 12.7 Å². The van der Waals surface area contributed by atoms with Gasteiger partial charge in [-0.1, -0.05) is 33.8 Å². The smallest absolute Gasteiger partial charge is 0.416 e. The van der Waals surface area contributed by atoms with Crippen LogP contribution in [-0.4, -0.2) is 47.4 Å². The number of aliphatic hydroxyl groups excluding tert-OH is 1. The Kier molecular flexibility index (Phi) is 7.34. The number of rotatable bonds is 3. The molecule has 4 fully saturated rings. The lowest BCUT2D eigenvalue weighted by atomic mass is 9.44. The van der Waals surface area contributed by atoms with Crippen molar-refractivity contribution in [2.24, 2.45) is 39.7 Å². The van der Waals surface area contributed by atoms with E-state index in [2.05, 4.69) is 32.7 Å². The number of imide groups is 1. The van der Waals surface area contributed by atoms with Crippen LogP contribution in [0.25, 0.3) is 0 Å². The van der Waals surface area contributed by atoms with Gasteiger partial charge in [0.05, 0.1) is 6.10 Å². The van der Waals surface area contributed by atoms with Crippen LogP contribution in [0.4, 0.5) is 9.59 Å². The van der Waals surface area contributed by atoms with Gasteiger partial charge in [-0.05, 0) is 68.6 Å². The largest absolute Gasteiger partial charge is 0.446 e. The molecule has 8 heteroatoms. The molecule has 4 aliphatic carbocycles. The molecule has 0 aliphatic heterocycles. The molecule has 0 saturated heterocycles. The molecule has 0 aromatic rings. The molecular weight excluding hydrogens is 460 g/mol. The number of carbonyl (C=O) groups is 3. The first kappa shape index (κ1) is 27.1. The summed E-state index contributed by atoms with van der Waals surface area (Å²) in [5, 5.41) is 13.8. The maximum absolute atomic E-state index is 13.4. The Balaban J connectivity index is 1.59. The second-order valence-electron chi connectivity index (χ2n) is 12.5. The Bertz CT molecular complexity index is 900. The fourth-order valence-electron chi connectivity index (χ4n) is 8.13. The fourth-order valence-corrected chi connectivity index (χ4v) is 8.13. The number of ketones is 1. The molecule has 4 rings (SSSR count). The van der Waals surface area contributed by atoms with Crippen LogP contribution in [0.2, 0.25) is 0 Å². The first-order chi connectivity index (χ1) is 16.9. The van der Waals surface area contributed by atoms with E-state index in [-0.39, 0.29) is 41.1 Å². The molecule has 4 N–H and O–H groups in total. The van der Waals surface area contributed by atoms with Crippen molar-refractivity contribution in [2.75, 3.05) is 0 Å². The minimum Gasteiger partial charge on any atom is -0.446 e. The van der Waals surface area contributed by atoms with Crippen LogP contribution < -0.4 is 11.1 Å². The minimum absolute atomic E-state index is 0.0999. The van der Waals surface area contributed by atoms with Crippen LogP contribution in [0.3, 0.4) is 0 Å². The van der Waals surface area contributed by atoms with Crippen molar-refractivity contribution >= 4 is 18.0 Å². The van der Waals surface area contributed by atoms with Gasteiger partial charge in [0.1, 0.15) is 18.0 Å². The number of hydrogen-bond donors (Lipinski definition) is 3. The van der Waals surface area contributed by atoms with Crippen molar-refractivity contribution in [1.82, 2.24) is 5.32 Å². The van der Waals surface area contributed by atoms with Gasteiger partial charge in [0.25, 0.3) is 0 Å². The van der Waals surface area contributed by atoms with E-state index in [0.717, 1.165) is 32.1 Å². The molecule has 2 bridgehead atoms. The molecule has 0 aromatic carbocycles. The summed E-state index contributed by atoms with van der Waals surface area (Å²) in [7, 11) is 0. The average molecular weight is 505 g/mol. The highest BCUT2D eigenvalue weighted by Gasteiger charge is 2.68. The molecule has 4 aliphatic rings. The summed E-state index contributed by atoms with van der Waals surface area (Å²) in [4.78, 5) is 38.9. The van der Waals surface area contributed by atoms with Gasteiger partial charge in [0, 0.05) is 29.2 Å². The topological polar surface area (TPSA) is 128 Å². The van der Waals surface area contributed by atoms with Crippen molar-refractivity contribution in [3.8, 4) is 0 Å². The Morgan fingerprint density at radius 1 is 1.08 bits per heavy atom. The van der Waals surface area contributed by atoms with E-state index < -0.39 is 35.2 Å². The number of aliphatic hydroxyl groups is 1. The molecule has 2 amide bonds. The van der Waals surface area contributed by atoms with Crippen molar-refractivity contribution in [1.29, 1.82) is 0 Å². The first-order valence-electron chi connectivity index (χ1n) is 13.7. The van der Waals surface area contributed by atoms with Crippen molar-refractivity contribution in [3.63, 3.8) is 0 Å². The number of carbonyl (C=O) groups excluding carboxylic acids is 3. The summed E-state index contributed by atoms with van der Waals surface area (Å²) in [6.07, 6.45) is 4.49. The molecule has 0 heterocycles. The number of alkyl carbamates (subject to hydrolysis) is 2. The van der Waals surface area contributed by atoms with Crippen LogP contribution in [0, 0.1) is 34.0 Å². The summed E-state index contributed by atoms with van der Waals surface area (Å²) in [6, 6.07) is 0.123. The van der Waals surface area contributed by atoms with Crippen LogP contribution in [-0.2, 0) is 14.3 Å². The summed E-state index contributed by atoms with van der Waals surface area (Å²) in [5.74, 6) is -0.110. The zero-order valence-corrected chi connectivity index (χ0v) is 22.3. The number of ether oxygens (including phenoxy) is 2. The highest BCUT2D eigenvalue weighted by Crippen LogP contribution is 2.67. The van der Waals surface area contributed by atoms with Crippen molar-refractivity contribution in [3.05, 3.63) is 12.7 Å². The Hall–Kier alpha value is -1.93.